The van der Waals surface area contributed by atoms with Crippen LogP contribution in [0.2, 0.25) is 0 Å². The number of nitrogens with one attached hydrogen (secondary N) is 1. The highest BCUT2D eigenvalue weighted by atomic mass is 19.1. The average molecular weight is 399 g/mol. The van der Waals surface area contributed by atoms with Crippen LogP contribution in [-0.2, 0) is 16.1 Å². The molecule has 0 unspecified atom stereocenters. The number of morpholine rings is 1. The number of halogens is 1. The molecular weight excluding hydrogens is 373 g/mol. The fourth-order valence-electron chi connectivity index (χ4n) is 3.77. The van der Waals surface area contributed by atoms with Gasteiger partial charge in [0.2, 0.25) is 11.9 Å². The Morgan fingerprint density at radius 2 is 1.76 bits per heavy atom. The molecule has 3 heterocycles. The smallest absolute Gasteiger partial charge is 0.225 e. The van der Waals surface area contributed by atoms with Gasteiger partial charge in [-0.15, -0.1) is 0 Å². The Labute approximate surface area is 169 Å². The van der Waals surface area contributed by atoms with Crippen molar-refractivity contribution in [2.24, 2.45) is 5.92 Å². The molecule has 1 N–H and O–H groups in total. The number of hydrogen-bond donors (Lipinski definition) is 1. The molecule has 29 heavy (non-hydrogen) atoms. The number of carbonyl (C=O) groups excluding carboxylic acids is 1. The number of piperidine rings is 1. The van der Waals surface area contributed by atoms with E-state index in [0.717, 1.165) is 50.7 Å². The Bertz CT molecular complexity index is 818. The van der Waals surface area contributed by atoms with Crippen LogP contribution < -0.4 is 15.1 Å². The maximum Gasteiger partial charge on any atom is 0.225 e. The summed E-state index contributed by atoms with van der Waals surface area (Å²) in [6, 6.07) is 6.52. The van der Waals surface area contributed by atoms with Crippen LogP contribution in [0.25, 0.3) is 0 Å². The summed E-state index contributed by atoms with van der Waals surface area (Å²) in [6.45, 7) is 4.81. The Morgan fingerprint density at radius 3 is 2.45 bits per heavy atom. The van der Waals surface area contributed by atoms with Crippen molar-refractivity contribution in [3.63, 3.8) is 0 Å². The minimum Gasteiger partial charge on any atom is -0.378 e. The number of anilines is 2. The van der Waals surface area contributed by atoms with Crippen molar-refractivity contribution in [2.45, 2.75) is 19.4 Å². The third kappa shape index (κ3) is 4.82. The zero-order valence-electron chi connectivity index (χ0n) is 16.4. The summed E-state index contributed by atoms with van der Waals surface area (Å²) in [5, 5.41) is 2.87. The number of carbonyl (C=O) groups is 1. The van der Waals surface area contributed by atoms with Crippen LogP contribution in [0.3, 0.4) is 0 Å². The van der Waals surface area contributed by atoms with Crippen LogP contribution >= 0.6 is 0 Å². The maximum absolute atomic E-state index is 13.7. The highest BCUT2D eigenvalue weighted by Crippen LogP contribution is 2.23. The molecule has 2 saturated heterocycles. The number of rotatable bonds is 5. The second kappa shape index (κ2) is 9.17. The van der Waals surface area contributed by atoms with Crippen molar-refractivity contribution in [1.29, 1.82) is 0 Å². The van der Waals surface area contributed by atoms with Gasteiger partial charge in [-0.05, 0) is 18.9 Å². The van der Waals surface area contributed by atoms with E-state index in [4.69, 9.17) is 4.74 Å². The molecule has 0 atom stereocenters. The second-order valence-electron chi connectivity index (χ2n) is 7.41. The largest absolute Gasteiger partial charge is 0.378 e. The highest BCUT2D eigenvalue weighted by Gasteiger charge is 2.25. The van der Waals surface area contributed by atoms with E-state index in [9.17, 15) is 9.18 Å². The number of hydrogen-bond acceptors (Lipinski definition) is 6. The highest BCUT2D eigenvalue weighted by molar-refractivity contribution is 5.79. The summed E-state index contributed by atoms with van der Waals surface area (Å²) in [5.74, 6) is 0.390. The van der Waals surface area contributed by atoms with Gasteiger partial charge < -0.3 is 19.9 Å². The molecule has 8 heteroatoms. The number of benzene rings is 1. The molecule has 0 spiro atoms. The third-order valence-corrected chi connectivity index (χ3v) is 5.56. The van der Waals surface area contributed by atoms with E-state index in [1.54, 1.807) is 18.2 Å². The van der Waals surface area contributed by atoms with Crippen molar-refractivity contribution >= 4 is 17.5 Å². The average Bonchev–Trinajstić information content (AvgIpc) is 2.79. The lowest BCUT2D eigenvalue weighted by molar-refractivity contribution is -0.125. The first-order chi connectivity index (χ1) is 14.2. The summed E-state index contributed by atoms with van der Waals surface area (Å²) >= 11 is 0. The molecule has 1 aromatic carbocycles. The molecule has 1 amide bonds. The van der Waals surface area contributed by atoms with Crippen molar-refractivity contribution in [3.8, 4) is 0 Å². The summed E-state index contributed by atoms with van der Waals surface area (Å²) in [5.41, 5.74) is 1.49. The summed E-state index contributed by atoms with van der Waals surface area (Å²) in [7, 11) is 0. The lowest BCUT2D eigenvalue weighted by atomic mass is 9.95. The van der Waals surface area contributed by atoms with Gasteiger partial charge in [0.1, 0.15) is 5.82 Å². The summed E-state index contributed by atoms with van der Waals surface area (Å²) < 4.78 is 19.1. The lowest BCUT2D eigenvalue weighted by Crippen LogP contribution is -2.40. The molecule has 2 aromatic rings. The molecule has 0 radical (unpaired) electrons. The van der Waals surface area contributed by atoms with Crippen molar-refractivity contribution < 1.29 is 13.9 Å². The van der Waals surface area contributed by atoms with Crippen LogP contribution in [0.1, 0.15) is 18.4 Å². The fourth-order valence-corrected chi connectivity index (χ4v) is 3.77. The zero-order valence-corrected chi connectivity index (χ0v) is 16.4. The molecule has 7 nitrogen and oxygen atoms in total. The quantitative estimate of drug-likeness (QED) is 0.829. The van der Waals surface area contributed by atoms with Crippen LogP contribution in [0.5, 0.6) is 0 Å². The number of nitrogens with zero attached hydrogens (tertiary/aromatic N) is 4. The predicted octanol–water partition coefficient (Wildman–Crippen LogP) is 1.99. The molecule has 4 rings (SSSR count). The molecule has 2 aliphatic heterocycles. The van der Waals surface area contributed by atoms with E-state index in [0.29, 0.717) is 18.8 Å². The van der Waals surface area contributed by atoms with Gasteiger partial charge in [0.25, 0.3) is 0 Å². The molecule has 1 aromatic heterocycles. The first-order valence-corrected chi connectivity index (χ1v) is 10.1. The van der Waals surface area contributed by atoms with E-state index < -0.39 is 0 Å². The standard InChI is InChI=1S/C21H26FN5O2/c22-19-4-2-1-3-17(19)13-23-20(28)16-5-7-26(8-6-16)18-14-24-21(25-15-18)27-9-11-29-12-10-27/h1-4,14-16H,5-13H2,(H,23,28). The zero-order chi connectivity index (χ0) is 20.1. The second-order valence-corrected chi connectivity index (χ2v) is 7.41. The molecule has 0 aliphatic carbocycles. The molecular formula is C21H26FN5O2. The number of amides is 1. The molecule has 0 bridgehead atoms. The Morgan fingerprint density at radius 1 is 1.07 bits per heavy atom. The molecule has 2 fully saturated rings. The number of ether oxygens (including phenoxy) is 1. The molecule has 154 valence electrons. The Hall–Kier alpha value is -2.74. The SMILES string of the molecule is O=C(NCc1ccccc1F)C1CCN(c2cnc(N3CCOCC3)nc2)CC1. The van der Waals surface area contributed by atoms with Gasteiger partial charge in [0, 0.05) is 44.2 Å². The first kappa shape index (κ1) is 19.6. The summed E-state index contributed by atoms with van der Waals surface area (Å²) in [4.78, 5) is 25.8. The van der Waals surface area contributed by atoms with Gasteiger partial charge in [-0.3, -0.25) is 4.79 Å². The van der Waals surface area contributed by atoms with E-state index in [1.807, 2.05) is 12.4 Å². The molecule has 2 aliphatic rings. The van der Waals surface area contributed by atoms with E-state index in [1.165, 1.54) is 6.07 Å². The predicted molar refractivity (Wildman–Crippen MR) is 108 cm³/mol. The summed E-state index contributed by atoms with van der Waals surface area (Å²) in [6.07, 6.45) is 5.23. The topological polar surface area (TPSA) is 70.6 Å². The Balaban J connectivity index is 1.26. The van der Waals surface area contributed by atoms with E-state index in [-0.39, 0.29) is 24.2 Å². The van der Waals surface area contributed by atoms with Gasteiger partial charge in [0.15, 0.2) is 0 Å². The van der Waals surface area contributed by atoms with Crippen LogP contribution in [0.15, 0.2) is 36.7 Å². The third-order valence-electron chi connectivity index (χ3n) is 5.56. The van der Waals surface area contributed by atoms with Gasteiger partial charge >= 0.3 is 0 Å². The Kier molecular flexibility index (Phi) is 6.19. The van der Waals surface area contributed by atoms with Crippen LogP contribution in [-0.4, -0.2) is 55.3 Å². The van der Waals surface area contributed by atoms with Gasteiger partial charge in [0.05, 0.1) is 31.3 Å². The number of aromatic nitrogens is 2. The van der Waals surface area contributed by atoms with Gasteiger partial charge in [-0.25, -0.2) is 14.4 Å². The maximum atomic E-state index is 13.7. The van der Waals surface area contributed by atoms with Crippen molar-refractivity contribution in [2.75, 3.05) is 49.2 Å². The van der Waals surface area contributed by atoms with Crippen molar-refractivity contribution in [3.05, 3.63) is 48.0 Å². The monoisotopic (exact) mass is 399 g/mol. The first-order valence-electron chi connectivity index (χ1n) is 10.1. The van der Waals surface area contributed by atoms with E-state index in [2.05, 4.69) is 25.1 Å². The molecule has 0 saturated carbocycles. The van der Waals surface area contributed by atoms with Gasteiger partial charge in [-0.1, -0.05) is 18.2 Å². The normalized spacial score (nSPS) is 18.0. The van der Waals surface area contributed by atoms with Crippen LogP contribution in [0.4, 0.5) is 16.0 Å². The minimum absolute atomic E-state index is 0.00758. The van der Waals surface area contributed by atoms with E-state index >= 15 is 0 Å². The van der Waals surface area contributed by atoms with Gasteiger partial charge in [-0.2, -0.15) is 0 Å². The lowest BCUT2D eigenvalue weighted by Gasteiger charge is -2.33. The van der Waals surface area contributed by atoms with Crippen LogP contribution in [0, 0.1) is 11.7 Å². The van der Waals surface area contributed by atoms with Crippen molar-refractivity contribution in [1.82, 2.24) is 15.3 Å². The fraction of sp³-hybridized carbons (Fsp3) is 0.476. The minimum atomic E-state index is -0.289.